The van der Waals surface area contributed by atoms with Crippen molar-refractivity contribution in [2.24, 2.45) is 4.99 Å². The topological polar surface area (TPSA) is 24.4 Å². The van der Waals surface area contributed by atoms with Crippen molar-refractivity contribution in [2.45, 2.75) is 40.0 Å². The van der Waals surface area contributed by atoms with Crippen LogP contribution < -0.4 is 5.32 Å². The summed E-state index contributed by atoms with van der Waals surface area (Å²) in [6, 6.07) is 17.8. The highest BCUT2D eigenvalue weighted by atomic mass is 14.9. The number of nitrogens with one attached hydrogen (secondary N) is 1. The van der Waals surface area contributed by atoms with Gasteiger partial charge in [0, 0.05) is 29.8 Å². The highest BCUT2D eigenvalue weighted by Gasteiger charge is 2.22. The number of benzene rings is 2. The molecule has 0 bridgehead atoms. The van der Waals surface area contributed by atoms with E-state index in [0.717, 1.165) is 43.8 Å². The Labute approximate surface area is 163 Å². The van der Waals surface area contributed by atoms with Crippen LogP contribution in [-0.2, 0) is 12.8 Å². The molecule has 0 radical (unpaired) electrons. The molecule has 1 aliphatic heterocycles. The van der Waals surface area contributed by atoms with Crippen molar-refractivity contribution in [1.82, 2.24) is 5.32 Å². The minimum Gasteiger partial charge on any atom is -0.389 e. The molecule has 0 aliphatic carbocycles. The molecule has 140 valence electrons. The van der Waals surface area contributed by atoms with Crippen LogP contribution in [0.15, 0.2) is 71.4 Å². The monoisotopic (exact) mass is 358 g/mol. The average molecular weight is 359 g/mol. The Bertz CT molecular complexity index is 852. The smallest absolute Gasteiger partial charge is 0.0729 e. The van der Waals surface area contributed by atoms with Gasteiger partial charge in [-0.3, -0.25) is 4.99 Å². The van der Waals surface area contributed by atoms with Crippen LogP contribution in [0.4, 0.5) is 0 Å². The number of allylic oxidation sites excluding steroid dienone is 2. The molecule has 0 unspecified atom stereocenters. The quantitative estimate of drug-likeness (QED) is 0.654. The summed E-state index contributed by atoms with van der Waals surface area (Å²) in [4.78, 5) is 4.93. The summed E-state index contributed by atoms with van der Waals surface area (Å²) in [7, 11) is 0. The minimum atomic E-state index is 0.750. The van der Waals surface area contributed by atoms with E-state index < -0.39 is 0 Å². The van der Waals surface area contributed by atoms with Gasteiger partial charge in [-0.25, -0.2) is 0 Å². The standard InChI is InChI=1S/C25H30N2/c1-5-19-8-12-21(13-9-19)24-23(16-18(4)26-7-3)17-27-25(24)22-14-10-20(6-2)11-15-22/h8-15,26H,4-7,16-17H2,1-3H3. The van der Waals surface area contributed by atoms with Crippen LogP contribution >= 0.6 is 0 Å². The van der Waals surface area contributed by atoms with Gasteiger partial charge < -0.3 is 5.32 Å². The molecule has 2 heteroatoms. The lowest BCUT2D eigenvalue weighted by molar-refractivity contribution is 0.815. The van der Waals surface area contributed by atoms with Crippen LogP contribution in [0.3, 0.4) is 0 Å². The van der Waals surface area contributed by atoms with E-state index in [4.69, 9.17) is 4.99 Å². The minimum absolute atomic E-state index is 0.750. The van der Waals surface area contributed by atoms with Gasteiger partial charge in [-0.15, -0.1) is 0 Å². The van der Waals surface area contributed by atoms with Crippen molar-refractivity contribution in [1.29, 1.82) is 0 Å². The number of hydrogen-bond donors (Lipinski definition) is 1. The van der Waals surface area contributed by atoms with Gasteiger partial charge in [-0.05, 0) is 42.0 Å². The van der Waals surface area contributed by atoms with Crippen molar-refractivity contribution in [3.05, 3.63) is 88.6 Å². The summed E-state index contributed by atoms with van der Waals surface area (Å²) in [5.74, 6) is 0. The first kappa shape index (κ1) is 19.2. The fourth-order valence-electron chi connectivity index (χ4n) is 3.60. The van der Waals surface area contributed by atoms with Gasteiger partial charge in [0.15, 0.2) is 0 Å². The Hall–Kier alpha value is -2.61. The zero-order chi connectivity index (χ0) is 19.2. The Kier molecular flexibility index (Phi) is 6.28. The molecular formula is C25H30N2. The zero-order valence-electron chi connectivity index (χ0n) is 16.8. The summed E-state index contributed by atoms with van der Waals surface area (Å²) in [6.07, 6.45) is 2.96. The molecule has 0 saturated carbocycles. The first-order valence-corrected chi connectivity index (χ1v) is 10.0. The Morgan fingerprint density at radius 3 is 1.96 bits per heavy atom. The molecule has 2 aromatic rings. The molecule has 1 N–H and O–H groups in total. The first-order valence-electron chi connectivity index (χ1n) is 10.0. The second kappa shape index (κ2) is 8.85. The van der Waals surface area contributed by atoms with Crippen LogP contribution in [0.5, 0.6) is 0 Å². The molecule has 3 rings (SSSR count). The summed E-state index contributed by atoms with van der Waals surface area (Å²) >= 11 is 0. The van der Waals surface area contributed by atoms with Gasteiger partial charge in [-0.1, -0.05) is 69.0 Å². The van der Waals surface area contributed by atoms with Crippen molar-refractivity contribution in [3.63, 3.8) is 0 Å². The second-order valence-electron chi connectivity index (χ2n) is 7.06. The molecule has 2 aromatic carbocycles. The summed E-state index contributed by atoms with van der Waals surface area (Å²) in [5.41, 5.74) is 9.97. The predicted molar refractivity (Wildman–Crippen MR) is 117 cm³/mol. The third-order valence-electron chi connectivity index (χ3n) is 5.16. The normalized spacial score (nSPS) is 13.7. The molecule has 0 aromatic heterocycles. The van der Waals surface area contributed by atoms with Gasteiger partial charge in [-0.2, -0.15) is 0 Å². The van der Waals surface area contributed by atoms with E-state index >= 15 is 0 Å². The second-order valence-corrected chi connectivity index (χ2v) is 7.06. The fourth-order valence-corrected chi connectivity index (χ4v) is 3.60. The van der Waals surface area contributed by atoms with E-state index in [1.807, 2.05) is 0 Å². The molecule has 27 heavy (non-hydrogen) atoms. The van der Waals surface area contributed by atoms with Gasteiger partial charge in [0.1, 0.15) is 0 Å². The maximum absolute atomic E-state index is 4.93. The Morgan fingerprint density at radius 2 is 1.44 bits per heavy atom. The number of hydrogen-bond acceptors (Lipinski definition) is 2. The summed E-state index contributed by atoms with van der Waals surface area (Å²) < 4.78 is 0. The highest BCUT2D eigenvalue weighted by molar-refractivity contribution is 6.33. The van der Waals surface area contributed by atoms with Crippen molar-refractivity contribution < 1.29 is 0 Å². The molecule has 0 amide bonds. The molecular weight excluding hydrogens is 328 g/mol. The average Bonchev–Trinajstić information content (AvgIpc) is 3.11. The Balaban J connectivity index is 2.00. The summed E-state index contributed by atoms with van der Waals surface area (Å²) in [5, 5.41) is 3.35. The van der Waals surface area contributed by atoms with Crippen molar-refractivity contribution in [3.8, 4) is 0 Å². The van der Waals surface area contributed by atoms with E-state index in [0.29, 0.717) is 0 Å². The lowest BCUT2D eigenvalue weighted by Gasteiger charge is -2.14. The van der Waals surface area contributed by atoms with Gasteiger partial charge in [0.05, 0.1) is 12.3 Å². The molecule has 2 nitrogen and oxygen atoms in total. The molecule has 1 heterocycles. The third kappa shape index (κ3) is 4.39. The molecule has 0 saturated heterocycles. The van der Waals surface area contributed by atoms with E-state index in [9.17, 15) is 0 Å². The van der Waals surface area contributed by atoms with E-state index in [1.54, 1.807) is 0 Å². The lowest BCUT2D eigenvalue weighted by Crippen LogP contribution is -2.12. The van der Waals surface area contributed by atoms with Crippen LogP contribution in [0, 0.1) is 0 Å². The van der Waals surface area contributed by atoms with Gasteiger partial charge in [0.2, 0.25) is 0 Å². The molecule has 0 atom stereocenters. The first-order chi connectivity index (χ1) is 13.2. The number of aliphatic imine (C=N–C) groups is 1. The maximum atomic E-state index is 4.93. The van der Waals surface area contributed by atoms with Crippen LogP contribution in [0.2, 0.25) is 0 Å². The largest absolute Gasteiger partial charge is 0.389 e. The lowest BCUT2D eigenvalue weighted by atomic mass is 9.91. The molecule has 0 spiro atoms. The molecule has 0 fully saturated rings. The number of rotatable bonds is 8. The molecule has 1 aliphatic rings. The van der Waals surface area contributed by atoms with Crippen molar-refractivity contribution >= 4 is 11.3 Å². The Morgan fingerprint density at radius 1 is 0.889 bits per heavy atom. The van der Waals surface area contributed by atoms with E-state index in [-0.39, 0.29) is 0 Å². The van der Waals surface area contributed by atoms with Crippen LogP contribution in [0.1, 0.15) is 49.4 Å². The fraction of sp³-hybridized carbons (Fsp3) is 0.320. The predicted octanol–water partition coefficient (Wildman–Crippen LogP) is 5.58. The van der Waals surface area contributed by atoms with Crippen LogP contribution in [0.25, 0.3) is 5.57 Å². The highest BCUT2D eigenvalue weighted by Crippen LogP contribution is 2.32. The van der Waals surface area contributed by atoms with Gasteiger partial charge in [0.25, 0.3) is 0 Å². The number of nitrogens with zero attached hydrogens (tertiary/aromatic N) is 1. The summed E-state index contributed by atoms with van der Waals surface area (Å²) in [6.45, 7) is 12.3. The maximum Gasteiger partial charge on any atom is 0.0729 e. The van der Waals surface area contributed by atoms with E-state index in [1.165, 1.54) is 33.4 Å². The SMILES string of the molecule is C=C(CC1=C(c2ccc(CC)cc2)C(c2ccc(CC)cc2)=NC1)NCC. The van der Waals surface area contributed by atoms with Gasteiger partial charge >= 0.3 is 0 Å². The van der Waals surface area contributed by atoms with E-state index in [2.05, 4.69) is 81.2 Å². The number of aryl methyl sites for hydroxylation is 2. The third-order valence-corrected chi connectivity index (χ3v) is 5.16. The van der Waals surface area contributed by atoms with Crippen molar-refractivity contribution in [2.75, 3.05) is 13.1 Å². The zero-order valence-corrected chi connectivity index (χ0v) is 16.8. The van der Waals surface area contributed by atoms with Crippen LogP contribution in [-0.4, -0.2) is 18.8 Å².